The molecule has 8 nitrogen and oxygen atoms in total. The van der Waals surface area contributed by atoms with Crippen molar-refractivity contribution >= 4 is 17.7 Å². The second kappa shape index (κ2) is 9.10. The number of nitrogens with zero attached hydrogens (tertiary/aromatic N) is 5. The maximum atomic E-state index is 12.3. The van der Waals surface area contributed by atoms with E-state index in [1.54, 1.807) is 14.0 Å². The molecule has 0 aliphatic heterocycles. The minimum absolute atomic E-state index is 0.0872. The average molecular weight is 374 g/mol. The Kier molecular flexibility index (Phi) is 6.86. The van der Waals surface area contributed by atoms with Gasteiger partial charge in [-0.05, 0) is 38.1 Å². The summed E-state index contributed by atoms with van der Waals surface area (Å²) in [5.74, 6) is 7.30. The zero-order chi connectivity index (χ0) is 19.1. The topological polar surface area (TPSA) is 110 Å². The summed E-state index contributed by atoms with van der Waals surface area (Å²) < 4.78 is 6.80. The number of hydrogen-bond donors (Lipinski definition) is 1. The molecule has 1 aromatic heterocycles. The molecule has 1 aromatic carbocycles. The normalized spacial score (nSPS) is 11.6. The largest absolute Gasteiger partial charge is 0.494 e. The van der Waals surface area contributed by atoms with Crippen LogP contribution in [0.25, 0.3) is 11.4 Å². The number of nitriles is 1. The first-order valence-electron chi connectivity index (χ1n) is 8.20. The molecule has 0 saturated heterocycles. The molecule has 2 aromatic rings. The van der Waals surface area contributed by atoms with Crippen LogP contribution in [-0.2, 0) is 4.79 Å². The number of amides is 1. The highest BCUT2D eigenvalue weighted by Crippen LogP contribution is 2.26. The first-order valence-corrected chi connectivity index (χ1v) is 9.08. The molecule has 0 fully saturated rings. The van der Waals surface area contributed by atoms with Crippen molar-refractivity contribution in [3.05, 3.63) is 24.3 Å². The Morgan fingerprint density at radius 2 is 2.12 bits per heavy atom. The quantitative estimate of drug-likeness (QED) is 0.555. The number of hydrogen-bond acceptors (Lipinski definition) is 7. The smallest absolute Gasteiger partial charge is 0.235 e. The summed E-state index contributed by atoms with van der Waals surface area (Å²) in [5, 5.41) is 16.9. The van der Waals surface area contributed by atoms with E-state index < -0.39 is 5.25 Å². The molecule has 2 rings (SSSR count). The number of thioether (sulfide) groups is 1. The Hall–Kier alpha value is -2.73. The maximum Gasteiger partial charge on any atom is 0.235 e. The van der Waals surface area contributed by atoms with Gasteiger partial charge >= 0.3 is 0 Å². The van der Waals surface area contributed by atoms with Gasteiger partial charge in [0.15, 0.2) is 5.82 Å². The monoisotopic (exact) mass is 374 g/mol. The van der Waals surface area contributed by atoms with E-state index in [2.05, 4.69) is 10.2 Å². The Labute approximate surface area is 156 Å². The van der Waals surface area contributed by atoms with Crippen LogP contribution in [0.1, 0.15) is 20.3 Å². The van der Waals surface area contributed by atoms with Crippen molar-refractivity contribution in [2.75, 3.05) is 26.0 Å². The Morgan fingerprint density at radius 1 is 1.42 bits per heavy atom. The molecule has 0 spiro atoms. The molecule has 0 aliphatic carbocycles. The standard InChI is InChI=1S/C17H22N6O2S/c1-4-25-14-8-6-13(7-9-14)15-20-21-17(23(15)19)26-12(2)16(24)22(3)11-5-10-18/h6-9,12H,4-5,11,19H2,1-3H3/t12-/m0/s1. The third kappa shape index (κ3) is 4.67. The summed E-state index contributed by atoms with van der Waals surface area (Å²) >= 11 is 1.23. The first-order chi connectivity index (χ1) is 12.5. The minimum Gasteiger partial charge on any atom is -0.494 e. The number of carbonyl (C=O) groups is 1. The van der Waals surface area contributed by atoms with Crippen molar-refractivity contribution in [2.24, 2.45) is 0 Å². The summed E-state index contributed by atoms with van der Waals surface area (Å²) in [6, 6.07) is 9.43. The fraction of sp³-hybridized carbons (Fsp3) is 0.412. The van der Waals surface area contributed by atoms with E-state index >= 15 is 0 Å². The fourth-order valence-corrected chi connectivity index (χ4v) is 3.15. The van der Waals surface area contributed by atoms with E-state index in [-0.39, 0.29) is 5.91 Å². The van der Waals surface area contributed by atoms with Crippen molar-refractivity contribution in [1.29, 1.82) is 5.26 Å². The van der Waals surface area contributed by atoms with Gasteiger partial charge in [-0.3, -0.25) is 4.79 Å². The summed E-state index contributed by atoms with van der Waals surface area (Å²) in [6.45, 7) is 4.70. The van der Waals surface area contributed by atoms with Crippen molar-refractivity contribution in [1.82, 2.24) is 19.8 Å². The molecule has 1 heterocycles. The molecular formula is C17H22N6O2S. The van der Waals surface area contributed by atoms with Crippen molar-refractivity contribution in [3.8, 4) is 23.2 Å². The lowest BCUT2D eigenvalue weighted by Gasteiger charge is -2.19. The highest BCUT2D eigenvalue weighted by atomic mass is 32.2. The maximum absolute atomic E-state index is 12.3. The van der Waals surface area contributed by atoms with Crippen LogP contribution < -0.4 is 10.6 Å². The summed E-state index contributed by atoms with van der Waals surface area (Å²) in [5.41, 5.74) is 0.806. The van der Waals surface area contributed by atoms with Crippen LogP contribution in [0.3, 0.4) is 0 Å². The van der Waals surface area contributed by atoms with Gasteiger partial charge in [0.25, 0.3) is 0 Å². The van der Waals surface area contributed by atoms with Gasteiger partial charge in [-0.2, -0.15) is 5.26 Å². The van der Waals surface area contributed by atoms with Crippen LogP contribution >= 0.6 is 11.8 Å². The van der Waals surface area contributed by atoms with Crippen LogP contribution in [0.2, 0.25) is 0 Å². The minimum atomic E-state index is -0.390. The summed E-state index contributed by atoms with van der Waals surface area (Å²) in [4.78, 5) is 13.9. The fourth-order valence-electron chi connectivity index (χ4n) is 2.27. The van der Waals surface area contributed by atoms with Crippen molar-refractivity contribution < 1.29 is 9.53 Å². The van der Waals surface area contributed by atoms with Crippen molar-refractivity contribution in [3.63, 3.8) is 0 Å². The van der Waals surface area contributed by atoms with Gasteiger partial charge in [0, 0.05) is 19.2 Å². The van der Waals surface area contributed by atoms with Crippen LogP contribution in [-0.4, -0.2) is 51.1 Å². The number of carbonyl (C=O) groups excluding carboxylic acids is 1. The van der Waals surface area contributed by atoms with E-state index in [0.717, 1.165) is 11.3 Å². The van der Waals surface area contributed by atoms with E-state index in [9.17, 15) is 4.79 Å². The number of rotatable bonds is 8. The molecule has 0 radical (unpaired) electrons. The van der Waals surface area contributed by atoms with Gasteiger partial charge in [-0.15, -0.1) is 10.2 Å². The predicted molar refractivity (Wildman–Crippen MR) is 100.0 cm³/mol. The van der Waals surface area contributed by atoms with Gasteiger partial charge in [-0.25, -0.2) is 4.68 Å². The van der Waals surface area contributed by atoms with Gasteiger partial charge in [0.1, 0.15) is 5.75 Å². The van der Waals surface area contributed by atoms with Crippen LogP contribution in [0.15, 0.2) is 29.4 Å². The van der Waals surface area contributed by atoms with E-state index in [0.29, 0.717) is 30.6 Å². The Bertz CT molecular complexity index is 784. The highest BCUT2D eigenvalue weighted by Gasteiger charge is 2.22. The van der Waals surface area contributed by atoms with E-state index in [1.807, 2.05) is 37.3 Å². The SMILES string of the molecule is CCOc1ccc(-c2nnc(S[C@@H](C)C(=O)N(C)CCC#N)n2N)cc1. The molecule has 9 heteroatoms. The van der Waals surface area contributed by atoms with Crippen LogP contribution in [0, 0.1) is 11.3 Å². The molecule has 0 saturated carbocycles. The molecule has 1 atom stereocenters. The number of nitrogen functional groups attached to an aromatic ring is 1. The molecule has 0 bridgehead atoms. The van der Waals surface area contributed by atoms with E-state index in [4.69, 9.17) is 15.8 Å². The van der Waals surface area contributed by atoms with Crippen LogP contribution in [0.4, 0.5) is 0 Å². The molecule has 0 aliphatic rings. The third-order valence-electron chi connectivity index (χ3n) is 3.65. The Balaban J connectivity index is 2.08. The predicted octanol–water partition coefficient (Wildman–Crippen LogP) is 1.91. The lowest BCUT2D eigenvalue weighted by atomic mass is 10.2. The zero-order valence-electron chi connectivity index (χ0n) is 15.0. The number of ether oxygens (including phenoxy) is 1. The second-order valence-electron chi connectivity index (χ2n) is 5.56. The molecule has 1 amide bonds. The molecule has 0 unspecified atom stereocenters. The summed E-state index contributed by atoms with van der Waals surface area (Å²) in [7, 11) is 1.68. The molecule has 138 valence electrons. The second-order valence-corrected chi connectivity index (χ2v) is 6.87. The molecular weight excluding hydrogens is 352 g/mol. The van der Waals surface area contributed by atoms with Gasteiger partial charge < -0.3 is 15.5 Å². The lowest BCUT2D eigenvalue weighted by Crippen LogP contribution is -2.34. The van der Waals surface area contributed by atoms with Crippen molar-refractivity contribution in [2.45, 2.75) is 30.7 Å². The average Bonchev–Trinajstić information content (AvgIpc) is 3.00. The molecule has 2 N–H and O–H groups in total. The van der Waals surface area contributed by atoms with Gasteiger partial charge in [-0.1, -0.05) is 11.8 Å². The number of benzene rings is 1. The third-order valence-corrected chi connectivity index (χ3v) is 4.70. The zero-order valence-corrected chi connectivity index (χ0v) is 15.9. The first kappa shape index (κ1) is 19.6. The summed E-state index contributed by atoms with van der Waals surface area (Å²) in [6.07, 6.45) is 0.300. The van der Waals surface area contributed by atoms with Gasteiger partial charge in [0.05, 0.1) is 24.3 Å². The number of nitrogens with two attached hydrogens (primary N) is 1. The number of aromatic nitrogens is 3. The lowest BCUT2D eigenvalue weighted by molar-refractivity contribution is -0.128. The highest BCUT2D eigenvalue weighted by molar-refractivity contribution is 8.00. The van der Waals surface area contributed by atoms with Crippen LogP contribution in [0.5, 0.6) is 5.75 Å². The Morgan fingerprint density at radius 3 is 2.73 bits per heavy atom. The molecule has 26 heavy (non-hydrogen) atoms. The van der Waals surface area contributed by atoms with Gasteiger partial charge in [0.2, 0.25) is 11.1 Å². The van der Waals surface area contributed by atoms with E-state index in [1.165, 1.54) is 21.3 Å².